The van der Waals surface area contributed by atoms with Crippen molar-refractivity contribution in [3.05, 3.63) is 93.3 Å². The highest BCUT2D eigenvalue weighted by Crippen LogP contribution is 2.31. The lowest BCUT2D eigenvalue weighted by atomic mass is 10.2. The molecule has 0 spiro atoms. The van der Waals surface area contributed by atoms with Crippen LogP contribution in [-0.2, 0) is 9.59 Å². The van der Waals surface area contributed by atoms with Crippen LogP contribution in [-0.4, -0.2) is 23.6 Å². The molecule has 1 saturated heterocycles. The summed E-state index contributed by atoms with van der Waals surface area (Å²) in [5, 5.41) is 6.70. The standard InChI is InChI=1S/C26H22ClN3O3S/c1-16-6-10-19(11-7-16)28-24(31)15-33-20-12-8-18(9-13-20)14-23-25(32)30-26(34-23)29-22-5-3-4-21(27)17(22)2/h3-14H,15H2,1-2H3,(H,28,31)(H,29,30,32)/b23-14+. The molecule has 1 aliphatic heterocycles. The number of carbonyl (C=O) groups excluding carboxylic acids is 2. The Morgan fingerprint density at radius 1 is 1.09 bits per heavy atom. The highest BCUT2D eigenvalue weighted by atomic mass is 35.5. The van der Waals surface area contributed by atoms with Crippen LogP contribution in [0.15, 0.2) is 76.6 Å². The summed E-state index contributed by atoms with van der Waals surface area (Å²) in [6, 6.07) is 20.2. The van der Waals surface area contributed by atoms with Gasteiger partial charge in [-0.05, 0) is 79.2 Å². The molecule has 1 aliphatic rings. The predicted molar refractivity (Wildman–Crippen MR) is 139 cm³/mol. The highest BCUT2D eigenvalue weighted by Gasteiger charge is 2.24. The Kier molecular flexibility index (Phi) is 7.35. The number of hydrogen-bond acceptors (Lipinski definition) is 5. The van der Waals surface area contributed by atoms with Crippen LogP contribution in [0.25, 0.3) is 6.08 Å². The minimum absolute atomic E-state index is 0.102. The predicted octanol–water partition coefficient (Wildman–Crippen LogP) is 5.87. The lowest BCUT2D eigenvalue weighted by molar-refractivity contribution is -0.118. The fourth-order valence-electron chi connectivity index (χ4n) is 3.10. The third kappa shape index (κ3) is 6.07. The number of rotatable bonds is 6. The Hall–Kier alpha value is -3.55. The van der Waals surface area contributed by atoms with Gasteiger partial charge in [-0.1, -0.05) is 47.5 Å². The first-order valence-corrected chi connectivity index (χ1v) is 11.7. The van der Waals surface area contributed by atoms with E-state index >= 15 is 0 Å². The molecule has 0 radical (unpaired) electrons. The van der Waals surface area contributed by atoms with Crippen molar-refractivity contribution in [3.8, 4) is 5.75 Å². The van der Waals surface area contributed by atoms with E-state index < -0.39 is 0 Å². The molecule has 0 bridgehead atoms. The Morgan fingerprint density at radius 2 is 1.82 bits per heavy atom. The van der Waals surface area contributed by atoms with Gasteiger partial charge in [0.15, 0.2) is 11.8 Å². The number of carbonyl (C=O) groups is 2. The molecule has 172 valence electrons. The Balaban J connectivity index is 1.35. The molecule has 34 heavy (non-hydrogen) atoms. The molecule has 8 heteroatoms. The van der Waals surface area contributed by atoms with Gasteiger partial charge in [0.1, 0.15) is 5.75 Å². The molecule has 2 amide bonds. The molecule has 3 aromatic carbocycles. The van der Waals surface area contributed by atoms with Gasteiger partial charge in [-0.2, -0.15) is 0 Å². The van der Waals surface area contributed by atoms with E-state index in [2.05, 4.69) is 15.6 Å². The molecule has 0 atom stereocenters. The molecule has 4 rings (SSSR count). The second-order valence-corrected chi connectivity index (χ2v) is 9.08. The molecule has 2 N–H and O–H groups in total. The largest absolute Gasteiger partial charge is 0.484 e. The second-order valence-electron chi connectivity index (χ2n) is 7.64. The molecule has 0 saturated carbocycles. The van der Waals surface area contributed by atoms with Gasteiger partial charge in [0.25, 0.3) is 11.8 Å². The Morgan fingerprint density at radius 3 is 2.56 bits per heavy atom. The van der Waals surface area contributed by atoms with E-state index in [1.54, 1.807) is 24.3 Å². The molecule has 1 fully saturated rings. The number of benzene rings is 3. The van der Waals surface area contributed by atoms with E-state index in [0.29, 0.717) is 26.5 Å². The van der Waals surface area contributed by atoms with Gasteiger partial charge in [-0.25, -0.2) is 4.99 Å². The number of ether oxygens (including phenoxy) is 1. The molecule has 0 aliphatic carbocycles. The van der Waals surface area contributed by atoms with Crippen molar-refractivity contribution < 1.29 is 14.3 Å². The SMILES string of the molecule is Cc1ccc(NC(=O)COc2ccc(/C=C3/SC(=Nc4cccc(Cl)c4C)NC3=O)cc2)cc1. The van der Waals surface area contributed by atoms with E-state index in [1.807, 2.05) is 62.4 Å². The summed E-state index contributed by atoms with van der Waals surface area (Å²) in [7, 11) is 0. The summed E-state index contributed by atoms with van der Waals surface area (Å²) in [5.41, 5.74) is 4.24. The van der Waals surface area contributed by atoms with Crippen molar-refractivity contribution in [2.45, 2.75) is 13.8 Å². The molecule has 1 heterocycles. The zero-order chi connectivity index (χ0) is 24.1. The monoisotopic (exact) mass is 491 g/mol. The maximum atomic E-state index is 12.4. The number of amidine groups is 1. The fourth-order valence-corrected chi connectivity index (χ4v) is 4.11. The first kappa shape index (κ1) is 23.6. The van der Waals surface area contributed by atoms with E-state index in [9.17, 15) is 9.59 Å². The number of anilines is 1. The van der Waals surface area contributed by atoms with Crippen LogP contribution in [0.3, 0.4) is 0 Å². The quantitative estimate of drug-likeness (QED) is 0.423. The summed E-state index contributed by atoms with van der Waals surface area (Å²) in [4.78, 5) is 29.5. The lowest BCUT2D eigenvalue weighted by Gasteiger charge is -2.08. The normalized spacial score (nSPS) is 15.4. The van der Waals surface area contributed by atoms with Crippen LogP contribution in [0.1, 0.15) is 16.7 Å². The van der Waals surface area contributed by atoms with Crippen LogP contribution >= 0.6 is 23.4 Å². The van der Waals surface area contributed by atoms with Gasteiger partial charge in [0.2, 0.25) is 0 Å². The summed E-state index contributed by atoms with van der Waals surface area (Å²) in [6.07, 6.45) is 1.78. The van der Waals surface area contributed by atoms with Crippen molar-refractivity contribution in [1.29, 1.82) is 0 Å². The maximum absolute atomic E-state index is 12.4. The third-order valence-corrected chi connectivity index (χ3v) is 6.31. The first-order valence-electron chi connectivity index (χ1n) is 10.5. The molecule has 3 aromatic rings. The van der Waals surface area contributed by atoms with E-state index in [4.69, 9.17) is 16.3 Å². The Labute approximate surface area is 207 Å². The van der Waals surface area contributed by atoms with Crippen LogP contribution in [0.4, 0.5) is 11.4 Å². The molecule has 0 unspecified atom stereocenters. The van der Waals surface area contributed by atoms with E-state index in [0.717, 1.165) is 22.4 Å². The van der Waals surface area contributed by atoms with Gasteiger partial charge in [-0.15, -0.1) is 0 Å². The third-order valence-electron chi connectivity index (χ3n) is 5.00. The van der Waals surface area contributed by atoms with Gasteiger partial charge in [-0.3, -0.25) is 9.59 Å². The number of aryl methyl sites for hydroxylation is 1. The van der Waals surface area contributed by atoms with Crippen molar-refractivity contribution in [2.24, 2.45) is 4.99 Å². The van der Waals surface area contributed by atoms with Crippen molar-refractivity contribution in [3.63, 3.8) is 0 Å². The number of halogens is 1. The minimum atomic E-state index is -0.240. The summed E-state index contributed by atoms with van der Waals surface area (Å²) in [5.74, 6) is 0.107. The first-order chi connectivity index (χ1) is 16.4. The van der Waals surface area contributed by atoms with Gasteiger partial charge in [0, 0.05) is 10.7 Å². The van der Waals surface area contributed by atoms with Gasteiger partial charge < -0.3 is 15.4 Å². The summed E-state index contributed by atoms with van der Waals surface area (Å²) < 4.78 is 5.57. The van der Waals surface area contributed by atoms with Crippen LogP contribution in [0.2, 0.25) is 5.02 Å². The van der Waals surface area contributed by atoms with Crippen molar-refractivity contribution >= 4 is 57.8 Å². The smallest absolute Gasteiger partial charge is 0.264 e. The maximum Gasteiger partial charge on any atom is 0.264 e. The lowest BCUT2D eigenvalue weighted by Crippen LogP contribution is -2.20. The van der Waals surface area contributed by atoms with Crippen LogP contribution in [0.5, 0.6) is 5.75 Å². The fraction of sp³-hybridized carbons (Fsp3) is 0.115. The average Bonchev–Trinajstić information content (AvgIpc) is 3.16. The zero-order valence-electron chi connectivity index (χ0n) is 18.6. The second kappa shape index (κ2) is 10.6. The number of thioether (sulfide) groups is 1. The number of aliphatic imine (C=N–C) groups is 1. The molecule has 6 nitrogen and oxygen atoms in total. The number of hydrogen-bond donors (Lipinski definition) is 2. The van der Waals surface area contributed by atoms with Crippen LogP contribution in [0, 0.1) is 13.8 Å². The van der Waals surface area contributed by atoms with E-state index in [1.165, 1.54) is 11.8 Å². The van der Waals surface area contributed by atoms with E-state index in [-0.39, 0.29) is 18.4 Å². The molecule has 0 aromatic heterocycles. The van der Waals surface area contributed by atoms with Crippen LogP contribution < -0.4 is 15.4 Å². The number of nitrogens with zero attached hydrogens (tertiary/aromatic N) is 1. The summed E-state index contributed by atoms with van der Waals surface area (Å²) in [6.45, 7) is 3.77. The molecular weight excluding hydrogens is 470 g/mol. The van der Waals surface area contributed by atoms with Gasteiger partial charge >= 0.3 is 0 Å². The Bertz CT molecular complexity index is 1290. The van der Waals surface area contributed by atoms with Crippen molar-refractivity contribution in [2.75, 3.05) is 11.9 Å². The topological polar surface area (TPSA) is 79.8 Å². The average molecular weight is 492 g/mol. The number of nitrogens with one attached hydrogen (secondary N) is 2. The number of amides is 2. The van der Waals surface area contributed by atoms with Crippen molar-refractivity contribution in [1.82, 2.24) is 5.32 Å². The highest BCUT2D eigenvalue weighted by molar-refractivity contribution is 8.18. The molecular formula is C26H22ClN3O3S. The zero-order valence-corrected chi connectivity index (χ0v) is 20.2. The van der Waals surface area contributed by atoms with Gasteiger partial charge in [0.05, 0.1) is 10.6 Å². The summed E-state index contributed by atoms with van der Waals surface area (Å²) >= 11 is 7.42. The minimum Gasteiger partial charge on any atom is -0.484 e.